The van der Waals surface area contributed by atoms with Crippen LogP contribution in [0.3, 0.4) is 0 Å². The summed E-state index contributed by atoms with van der Waals surface area (Å²) in [7, 11) is 0. The molecule has 0 aliphatic rings. The molecule has 1 amide bonds. The Morgan fingerprint density at radius 2 is 1.67 bits per heavy atom. The van der Waals surface area contributed by atoms with Gasteiger partial charge in [-0.2, -0.15) is 0 Å². The maximum absolute atomic E-state index is 12.4. The molecular weight excluding hydrogens is 320 g/mol. The van der Waals surface area contributed by atoms with Crippen LogP contribution in [-0.4, -0.2) is 16.7 Å². The van der Waals surface area contributed by atoms with E-state index in [9.17, 15) is 9.59 Å². The Morgan fingerprint density at radius 1 is 1.00 bits per heavy atom. The first-order chi connectivity index (χ1) is 11.6. The highest BCUT2D eigenvalue weighted by atomic mass is 32.1. The molecule has 0 unspecified atom stereocenters. The smallest absolute Gasteiger partial charge is 0.257 e. The summed E-state index contributed by atoms with van der Waals surface area (Å²) in [5, 5.41) is 3.22. The molecule has 24 heavy (non-hydrogen) atoms. The lowest BCUT2D eigenvalue weighted by atomic mass is 10.1. The molecule has 0 radical (unpaired) electrons. The van der Waals surface area contributed by atoms with Crippen LogP contribution in [0, 0.1) is 6.92 Å². The van der Waals surface area contributed by atoms with Gasteiger partial charge in [0.05, 0.1) is 10.6 Å². The number of thiazole rings is 1. The first-order valence-corrected chi connectivity index (χ1v) is 8.32. The van der Waals surface area contributed by atoms with Gasteiger partial charge in [-0.3, -0.25) is 14.9 Å². The number of amides is 1. The number of ketones is 1. The Hall–Kier alpha value is -2.79. The molecule has 5 heteroatoms. The molecule has 0 bridgehead atoms. The van der Waals surface area contributed by atoms with Crippen molar-refractivity contribution in [3.8, 4) is 11.3 Å². The van der Waals surface area contributed by atoms with E-state index in [0.29, 0.717) is 21.3 Å². The highest BCUT2D eigenvalue weighted by molar-refractivity contribution is 7.18. The van der Waals surface area contributed by atoms with E-state index in [0.717, 1.165) is 11.1 Å². The fourth-order valence-corrected chi connectivity index (χ4v) is 3.27. The van der Waals surface area contributed by atoms with E-state index >= 15 is 0 Å². The number of carbonyl (C=O) groups excluding carboxylic acids is 2. The molecule has 0 saturated heterocycles. The van der Waals surface area contributed by atoms with Gasteiger partial charge in [0.1, 0.15) is 0 Å². The molecule has 1 heterocycles. The van der Waals surface area contributed by atoms with Crippen LogP contribution in [0.5, 0.6) is 0 Å². The van der Waals surface area contributed by atoms with E-state index in [4.69, 9.17) is 0 Å². The van der Waals surface area contributed by atoms with Crippen molar-refractivity contribution in [2.24, 2.45) is 0 Å². The Balaban J connectivity index is 1.94. The fraction of sp³-hybridized carbons (Fsp3) is 0.105. The Kier molecular flexibility index (Phi) is 4.53. The van der Waals surface area contributed by atoms with Crippen molar-refractivity contribution in [1.29, 1.82) is 0 Å². The van der Waals surface area contributed by atoms with Gasteiger partial charge in [-0.1, -0.05) is 59.9 Å². The zero-order valence-electron chi connectivity index (χ0n) is 13.4. The van der Waals surface area contributed by atoms with E-state index < -0.39 is 0 Å². The summed E-state index contributed by atoms with van der Waals surface area (Å²) in [4.78, 5) is 29.4. The van der Waals surface area contributed by atoms with Crippen molar-refractivity contribution in [2.45, 2.75) is 13.8 Å². The summed E-state index contributed by atoms with van der Waals surface area (Å²) < 4.78 is 0. The van der Waals surface area contributed by atoms with Gasteiger partial charge in [0.25, 0.3) is 5.91 Å². The van der Waals surface area contributed by atoms with E-state index in [1.807, 2.05) is 55.5 Å². The number of hydrogen-bond acceptors (Lipinski definition) is 4. The number of rotatable bonds is 4. The second-order valence-electron chi connectivity index (χ2n) is 5.39. The quantitative estimate of drug-likeness (QED) is 0.710. The minimum absolute atomic E-state index is 0.0669. The van der Waals surface area contributed by atoms with Gasteiger partial charge in [0.2, 0.25) is 0 Å². The minimum Gasteiger partial charge on any atom is -0.298 e. The second-order valence-corrected chi connectivity index (χ2v) is 6.39. The summed E-state index contributed by atoms with van der Waals surface area (Å²) in [6, 6.07) is 16.8. The number of nitrogens with zero attached hydrogens (tertiary/aromatic N) is 1. The molecule has 3 aromatic rings. The second kappa shape index (κ2) is 6.76. The predicted molar refractivity (Wildman–Crippen MR) is 96.7 cm³/mol. The molecule has 2 aromatic carbocycles. The van der Waals surface area contributed by atoms with Crippen LogP contribution in [0.2, 0.25) is 0 Å². The zero-order valence-corrected chi connectivity index (χ0v) is 14.2. The number of Topliss-reactive ketones (excluding diaryl/α,β-unsaturated/α-hetero) is 1. The van der Waals surface area contributed by atoms with Crippen molar-refractivity contribution < 1.29 is 9.59 Å². The van der Waals surface area contributed by atoms with Gasteiger partial charge < -0.3 is 0 Å². The standard InChI is InChI=1S/C19H16N2O2S/c1-12-8-6-7-11-15(12)18(23)21-19-20-16(17(24-19)13(2)22)14-9-4-3-5-10-14/h3-11H,1-2H3,(H,20,21,23). The summed E-state index contributed by atoms with van der Waals surface area (Å²) in [5.41, 5.74) is 2.95. The van der Waals surface area contributed by atoms with Gasteiger partial charge in [-0.15, -0.1) is 0 Å². The molecule has 1 N–H and O–H groups in total. The zero-order chi connectivity index (χ0) is 17.1. The largest absolute Gasteiger partial charge is 0.298 e. The van der Waals surface area contributed by atoms with Crippen LogP contribution in [-0.2, 0) is 0 Å². The van der Waals surface area contributed by atoms with Crippen molar-refractivity contribution in [3.05, 3.63) is 70.6 Å². The number of anilines is 1. The third kappa shape index (κ3) is 3.26. The van der Waals surface area contributed by atoms with Crippen molar-refractivity contribution in [3.63, 3.8) is 0 Å². The highest BCUT2D eigenvalue weighted by Crippen LogP contribution is 2.31. The number of nitrogens with one attached hydrogen (secondary N) is 1. The van der Waals surface area contributed by atoms with Crippen LogP contribution in [0.15, 0.2) is 54.6 Å². The molecular formula is C19H16N2O2S. The maximum atomic E-state index is 12.4. The van der Waals surface area contributed by atoms with E-state index in [-0.39, 0.29) is 11.7 Å². The average Bonchev–Trinajstić information content (AvgIpc) is 3.00. The summed E-state index contributed by atoms with van der Waals surface area (Å²) in [6.07, 6.45) is 0. The number of aryl methyl sites for hydroxylation is 1. The Labute approximate surface area is 144 Å². The third-order valence-electron chi connectivity index (χ3n) is 3.60. The van der Waals surface area contributed by atoms with Gasteiger partial charge in [0, 0.05) is 18.1 Å². The number of aromatic nitrogens is 1. The summed E-state index contributed by atoms with van der Waals surface area (Å²) in [5.74, 6) is -0.292. The van der Waals surface area contributed by atoms with Crippen molar-refractivity contribution >= 4 is 28.2 Å². The monoisotopic (exact) mass is 336 g/mol. The molecule has 4 nitrogen and oxygen atoms in total. The molecule has 0 saturated carbocycles. The lowest BCUT2D eigenvalue weighted by Gasteiger charge is -2.04. The number of benzene rings is 2. The SMILES string of the molecule is CC(=O)c1sc(NC(=O)c2ccccc2C)nc1-c1ccccc1. The molecule has 0 aliphatic carbocycles. The van der Waals surface area contributed by atoms with Gasteiger partial charge in [-0.05, 0) is 18.6 Å². The fourth-order valence-electron chi connectivity index (χ4n) is 2.40. The molecule has 120 valence electrons. The lowest BCUT2D eigenvalue weighted by Crippen LogP contribution is -2.12. The van der Waals surface area contributed by atoms with Gasteiger partial charge in [-0.25, -0.2) is 4.98 Å². The van der Waals surface area contributed by atoms with Crippen LogP contribution < -0.4 is 5.32 Å². The highest BCUT2D eigenvalue weighted by Gasteiger charge is 2.18. The van der Waals surface area contributed by atoms with Crippen LogP contribution >= 0.6 is 11.3 Å². The maximum Gasteiger partial charge on any atom is 0.257 e. The number of hydrogen-bond donors (Lipinski definition) is 1. The molecule has 0 atom stereocenters. The summed E-state index contributed by atoms with van der Waals surface area (Å²) in [6.45, 7) is 3.39. The van der Waals surface area contributed by atoms with Crippen molar-refractivity contribution in [2.75, 3.05) is 5.32 Å². The van der Waals surface area contributed by atoms with Crippen LogP contribution in [0.25, 0.3) is 11.3 Å². The molecule has 0 aliphatic heterocycles. The molecule has 0 spiro atoms. The normalized spacial score (nSPS) is 10.4. The van der Waals surface area contributed by atoms with E-state index in [1.165, 1.54) is 18.3 Å². The predicted octanol–water partition coefficient (Wildman–Crippen LogP) is 4.57. The third-order valence-corrected chi connectivity index (χ3v) is 4.68. The van der Waals surface area contributed by atoms with Gasteiger partial charge >= 0.3 is 0 Å². The molecule has 1 aromatic heterocycles. The van der Waals surface area contributed by atoms with E-state index in [2.05, 4.69) is 10.3 Å². The van der Waals surface area contributed by atoms with Crippen molar-refractivity contribution in [1.82, 2.24) is 4.98 Å². The van der Waals surface area contributed by atoms with Gasteiger partial charge in [0.15, 0.2) is 10.9 Å². The van der Waals surface area contributed by atoms with Crippen LogP contribution in [0.1, 0.15) is 32.5 Å². The summed E-state index contributed by atoms with van der Waals surface area (Å²) >= 11 is 1.20. The number of carbonyl (C=O) groups is 2. The van der Waals surface area contributed by atoms with Crippen LogP contribution in [0.4, 0.5) is 5.13 Å². The van der Waals surface area contributed by atoms with E-state index in [1.54, 1.807) is 6.07 Å². The Morgan fingerprint density at radius 3 is 2.33 bits per heavy atom. The molecule has 3 rings (SSSR count). The minimum atomic E-state index is -0.225. The average molecular weight is 336 g/mol. The topological polar surface area (TPSA) is 59.1 Å². The lowest BCUT2D eigenvalue weighted by molar-refractivity contribution is 0.101. The first kappa shape index (κ1) is 16.1. The first-order valence-electron chi connectivity index (χ1n) is 7.50. The molecule has 0 fully saturated rings. The Bertz CT molecular complexity index is 901.